The number of nitriles is 1. The lowest BCUT2D eigenvalue weighted by Crippen LogP contribution is -2.48. The second kappa shape index (κ2) is 8.19. The molecule has 1 heterocycles. The number of hydrogen-bond acceptors (Lipinski definition) is 2. The van der Waals surface area contributed by atoms with Crippen molar-refractivity contribution in [1.82, 2.24) is 0 Å². The molecule has 1 atom stereocenters. The zero-order valence-corrected chi connectivity index (χ0v) is 18.4. The van der Waals surface area contributed by atoms with Gasteiger partial charge in [-0.25, -0.2) is 0 Å². The largest absolute Gasteiger partial charge is 0.366 e. The number of fused-ring (bicyclic) bond motifs is 1. The molecule has 1 aliphatic rings. The molecule has 0 saturated carbocycles. The third-order valence-corrected chi connectivity index (χ3v) is 6.06. The van der Waals surface area contributed by atoms with E-state index in [0.29, 0.717) is 27.1 Å². The van der Waals surface area contributed by atoms with E-state index in [1.165, 1.54) is 11.3 Å². The van der Waals surface area contributed by atoms with Crippen LogP contribution in [0.5, 0.6) is 0 Å². The van der Waals surface area contributed by atoms with E-state index < -0.39 is 0 Å². The van der Waals surface area contributed by atoms with E-state index >= 15 is 0 Å². The zero-order valence-electron chi connectivity index (χ0n) is 16.9. The van der Waals surface area contributed by atoms with Gasteiger partial charge in [0.1, 0.15) is 0 Å². The SMILES string of the molecule is CCCN1c2ccc(/C=C(\C#N)c3ccc(Cl)cc3Cl)cc2C(C)CC1(C)C. The summed E-state index contributed by atoms with van der Waals surface area (Å²) in [4.78, 5) is 2.52. The molecule has 4 heteroatoms. The number of halogens is 2. The lowest BCUT2D eigenvalue weighted by molar-refractivity contribution is 0.376. The number of rotatable bonds is 4. The molecule has 0 aromatic heterocycles. The Morgan fingerprint density at radius 1 is 1.25 bits per heavy atom. The van der Waals surface area contributed by atoms with Gasteiger partial charge in [-0.1, -0.05) is 49.2 Å². The number of allylic oxidation sites excluding steroid dienone is 1. The van der Waals surface area contributed by atoms with E-state index in [2.05, 4.69) is 56.9 Å². The smallest absolute Gasteiger partial charge is 0.0998 e. The molecule has 0 amide bonds. The normalized spacial score (nSPS) is 18.5. The average molecular weight is 413 g/mol. The van der Waals surface area contributed by atoms with E-state index in [0.717, 1.165) is 24.9 Å². The highest BCUT2D eigenvalue weighted by Crippen LogP contribution is 2.44. The van der Waals surface area contributed by atoms with Crippen LogP contribution >= 0.6 is 23.2 Å². The quantitative estimate of drug-likeness (QED) is 0.382. The predicted molar refractivity (Wildman–Crippen MR) is 121 cm³/mol. The predicted octanol–water partition coefficient (Wildman–Crippen LogP) is 7.56. The molecule has 3 rings (SSSR count). The van der Waals surface area contributed by atoms with Gasteiger partial charge in [-0.05, 0) is 74.1 Å². The fraction of sp³-hybridized carbons (Fsp3) is 0.375. The van der Waals surface area contributed by atoms with E-state index in [1.807, 2.05) is 6.08 Å². The van der Waals surface area contributed by atoms with E-state index in [4.69, 9.17) is 23.2 Å². The number of nitrogens with zero attached hydrogens (tertiary/aromatic N) is 2. The van der Waals surface area contributed by atoms with Crippen LogP contribution in [0.4, 0.5) is 5.69 Å². The van der Waals surface area contributed by atoms with Gasteiger partial charge in [0.15, 0.2) is 0 Å². The summed E-state index contributed by atoms with van der Waals surface area (Å²) in [6.07, 6.45) is 4.14. The van der Waals surface area contributed by atoms with E-state index in [9.17, 15) is 5.26 Å². The molecule has 0 bridgehead atoms. The first-order valence-electron chi connectivity index (χ1n) is 9.75. The third kappa shape index (κ3) is 4.07. The Hall–Kier alpha value is -1.95. The molecule has 146 valence electrons. The first-order valence-corrected chi connectivity index (χ1v) is 10.5. The molecule has 2 aromatic rings. The average Bonchev–Trinajstić information content (AvgIpc) is 2.63. The summed E-state index contributed by atoms with van der Waals surface area (Å²) in [5.74, 6) is 0.469. The lowest BCUT2D eigenvalue weighted by atomic mass is 9.79. The highest BCUT2D eigenvalue weighted by Gasteiger charge is 2.35. The standard InChI is InChI=1S/C24H26Cl2N2/c1-5-10-28-23-9-6-17(12-21(23)16(2)14-24(28,3)4)11-18(15-27)20-8-7-19(25)13-22(20)26/h6-9,11-13,16H,5,10,14H2,1-4H3/b18-11+. The summed E-state index contributed by atoms with van der Waals surface area (Å²) in [6.45, 7) is 10.2. The van der Waals surface area contributed by atoms with Crippen molar-refractivity contribution in [2.75, 3.05) is 11.4 Å². The second-order valence-corrected chi connectivity index (χ2v) is 9.03. The summed E-state index contributed by atoms with van der Waals surface area (Å²) in [6, 6.07) is 14.0. The molecule has 0 N–H and O–H groups in total. The minimum absolute atomic E-state index is 0.147. The van der Waals surface area contributed by atoms with Gasteiger partial charge in [-0.2, -0.15) is 5.26 Å². The maximum absolute atomic E-state index is 9.69. The molecule has 0 spiro atoms. The van der Waals surface area contributed by atoms with Crippen molar-refractivity contribution in [3.05, 3.63) is 63.1 Å². The first-order chi connectivity index (χ1) is 13.3. The third-order valence-electron chi connectivity index (χ3n) is 5.51. The molecule has 0 saturated heterocycles. The van der Waals surface area contributed by atoms with Crippen molar-refractivity contribution < 1.29 is 0 Å². The van der Waals surface area contributed by atoms with Gasteiger partial charge in [-0.3, -0.25) is 0 Å². The maximum Gasteiger partial charge on any atom is 0.0998 e. The summed E-state index contributed by atoms with van der Waals surface area (Å²) < 4.78 is 0. The molecule has 1 aliphatic heterocycles. The van der Waals surface area contributed by atoms with Crippen molar-refractivity contribution in [3.8, 4) is 6.07 Å². The maximum atomic E-state index is 9.69. The van der Waals surface area contributed by atoms with Crippen molar-refractivity contribution in [2.45, 2.75) is 52.0 Å². The summed E-state index contributed by atoms with van der Waals surface area (Å²) >= 11 is 12.3. The molecule has 2 nitrogen and oxygen atoms in total. The molecule has 0 fully saturated rings. The number of hydrogen-bond donors (Lipinski definition) is 0. The Bertz CT molecular complexity index is 954. The summed E-state index contributed by atoms with van der Waals surface area (Å²) in [5, 5.41) is 10.7. The number of benzene rings is 2. The Balaban J connectivity index is 2.04. The van der Waals surface area contributed by atoms with E-state index in [-0.39, 0.29) is 5.54 Å². The van der Waals surface area contributed by atoms with Gasteiger partial charge in [0.05, 0.1) is 16.7 Å². The Kier molecular flexibility index (Phi) is 6.08. The van der Waals surface area contributed by atoms with Crippen LogP contribution in [-0.2, 0) is 0 Å². The van der Waals surface area contributed by atoms with Crippen LogP contribution in [0.25, 0.3) is 11.6 Å². The minimum Gasteiger partial charge on any atom is -0.366 e. The first kappa shape index (κ1) is 20.8. The van der Waals surface area contributed by atoms with Crippen LogP contribution in [0, 0.1) is 11.3 Å². The Morgan fingerprint density at radius 2 is 2.00 bits per heavy atom. The van der Waals surface area contributed by atoms with Crippen LogP contribution in [0.2, 0.25) is 10.0 Å². The summed E-state index contributed by atoms with van der Waals surface area (Å²) in [5.41, 5.74) is 5.06. The zero-order chi connectivity index (χ0) is 20.5. The van der Waals surface area contributed by atoms with E-state index in [1.54, 1.807) is 18.2 Å². The van der Waals surface area contributed by atoms with Gasteiger partial charge in [0, 0.05) is 28.4 Å². The molecular weight excluding hydrogens is 387 g/mol. The molecule has 1 unspecified atom stereocenters. The summed E-state index contributed by atoms with van der Waals surface area (Å²) in [7, 11) is 0. The molecule has 0 radical (unpaired) electrons. The van der Waals surface area contributed by atoms with Gasteiger partial charge in [-0.15, -0.1) is 0 Å². The fourth-order valence-corrected chi connectivity index (χ4v) is 4.80. The highest BCUT2D eigenvalue weighted by molar-refractivity contribution is 6.36. The lowest BCUT2D eigenvalue weighted by Gasteiger charge is -2.47. The van der Waals surface area contributed by atoms with Gasteiger partial charge < -0.3 is 4.90 Å². The fourth-order valence-electron chi connectivity index (χ4n) is 4.29. The molecular formula is C24H26Cl2N2. The molecule has 28 heavy (non-hydrogen) atoms. The Labute approximate surface area is 178 Å². The highest BCUT2D eigenvalue weighted by atomic mass is 35.5. The van der Waals surface area contributed by atoms with Crippen molar-refractivity contribution >= 4 is 40.5 Å². The van der Waals surface area contributed by atoms with Crippen LogP contribution in [-0.4, -0.2) is 12.1 Å². The second-order valence-electron chi connectivity index (χ2n) is 8.18. The number of anilines is 1. The monoisotopic (exact) mass is 412 g/mol. The Morgan fingerprint density at radius 3 is 2.64 bits per heavy atom. The molecule has 2 aromatic carbocycles. The minimum atomic E-state index is 0.147. The van der Waals surface area contributed by atoms with Crippen LogP contribution in [0.15, 0.2) is 36.4 Å². The van der Waals surface area contributed by atoms with Crippen molar-refractivity contribution in [3.63, 3.8) is 0 Å². The van der Waals surface area contributed by atoms with Gasteiger partial charge in [0.2, 0.25) is 0 Å². The topological polar surface area (TPSA) is 27.0 Å². The van der Waals surface area contributed by atoms with Crippen molar-refractivity contribution in [2.24, 2.45) is 0 Å². The van der Waals surface area contributed by atoms with Gasteiger partial charge in [0.25, 0.3) is 0 Å². The molecule has 0 aliphatic carbocycles. The van der Waals surface area contributed by atoms with Crippen LogP contribution < -0.4 is 4.90 Å². The van der Waals surface area contributed by atoms with Crippen molar-refractivity contribution in [1.29, 1.82) is 5.26 Å². The van der Waals surface area contributed by atoms with Gasteiger partial charge >= 0.3 is 0 Å². The van der Waals surface area contributed by atoms with Crippen LogP contribution in [0.1, 0.15) is 63.1 Å². The van der Waals surface area contributed by atoms with Crippen LogP contribution in [0.3, 0.4) is 0 Å².